The first kappa shape index (κ1) is 17.1. The normalized spacial score (nSPS) is 17.6. The largest absolute Gasteiger partial charge is 0.356 e. The van der Waals surface area contributed by atoms with E-state index in [0.717, 1.165) is 18.9 Å². The number of rotatable bonds is 3. The van der Waals surface area contributed by atoms with E-state index in [9.17, 15) is 4.79 Å². The van der Waals surface area contributed by atoms with Gasteiger partial charge < -0.3 is 10.2 Å². The van der Waals surface area contributed by atoms with Crippen LogP contribution in [0.4, 0.5) is 11.5 Å². The molecular formula is C18H19Cl2N3O. The lowest BCUT2D eigenvalue weighted by atomic mass is 10.0. The molecule has 1 aromatic heterocycles. The lowest BCUT2D eigenvalue weighted by Crippen LogP contribution is -2.34. The Bertz CT molecular complexity index is 734. The molecular weight excluding hydrogens is 345 g/mol. The summed E-state index contributed by atoms with van der Waals surface area (Å²) in [6, 6.07) is 8.63. The van der Waals surface area contributed by atoms with Gasteiger partial charge in [0, 0.05) is 24.3 Å². The van der Waals surface area contributed by atoms with Crippen molar-refractivity contribution >= 4 is 40.6 Å². The van der Waals surface area contributed by atoms with E-state index in [-0.39, 0.29) is 5.91 Å². The van der Waals surface area contributed by atoms with Gasteiger partial charge in [-0.2, -0.15) is 0 Å². The summed E-state index contributed by atoms with van der Waals surface area (Å²) in [6.07, 6.45) is 4.04. The van der Waals surface area contributed by atoms with Crippen LogP contribution in [0.15, 0.2) is 36.5 Å². The van der Waals surface area contributed by atoms with Crippen molar-refractivity contribution in [3.63, 3.8) is 0 Å². The highest BCUT2D eigenvalue weighted by molar-refractivity contribution is 6.35. The number of nitrogens with one attached hydrogen (secondary N) is 1. The zero-order chi connectivity index (χ0) is 17.1. The van der Waals surface area contributed by atoms with Crippen molar-refractivity contribution in [3.05, 3.63) is 52.1 Å². The van der Waals surface area contributed by atoms with Crippen LogP contribution in [0.5, 0.6) is 0 Å². The molecule has 2 aromatic rings. The lowest BCUT2D eigenvalue weighted by Gasteiger charge is -2.31. The summed E-state index contributed by atoms with van der Waals surface area (Å²) in [5, 5.41) is 3.72. The number of carbonyl (C=O) groups excluding carboxylic acids is 1. The van der Waals surface area contributed by atoms with E-state index in [1.807, 2.05) is 6.07 Å². The molecule has 0 bridgehead atoms. The van der Waals surface area contributed by atoms with E-state index in [0.29, 0.717) is 27.2 Å². The molecule has 1 N–H and O–H groups in total. The van der Waals surface area contributed by atoms with Crippen molar-refractivity contribution < 1.29 is 4.79 Å². The van der Waals surface area contributed by atoms with Gasteiger partial charge in [-0.3, -0.25) is 4.79 Å². The van der Waals surface area contributed by atoms with E-state index in [1.54, 1.807) is 30.5 Å². The third-order valence-corrected chi connectivity index (χ3v) is 4.73. The summed E-state index contributed by atoms with van der Waals surface area (Å²) in [5.41, 5.74) is 0.975. The van der Waals surface area contributed by atoms with E-state index in [2.05, 4.69) is 22.1 Å². The maximum atomic E-state index is 12.4. The Morgan fingerprint density at radius 1 is 1.29 bits per heavy atom. The van der Waals surface area contributed by atoms with Crippen LogP contribution < -0.4 is 10.2 Å². The van der Waals surface area contributed by atoms with Crippen LogP contribution in [-0.4, -0.2) is 24.0 Å². The molecule has 24 heavy (non-hydrogen) atoms. The SMILES string of the molecule is CC1CCCN(c2ccc(C(=O)Nc3cc(Cl)ccc3Cl)cn2)C1. The number of anilines is 2. The fraction of sp³-hybridized carbons (Fsp3) is 0.333. The minimum atomic E-state index is -0.259. The van der Waals surface area contributed by atoms with Crippen molar-refractivity contribution in [1.82, 2.24) is 4.98 Å². The van der Waals surface area contributed by atoms with Gasteiger partial charge in [-0.05, 0) is 49.1 Å². The minimum absolute atomic E-state index is 0.259. The molecule has 6 heteroatoms. The van der Waals surface area contributed by atoms with Gasteiger partial charge in [-0.15, -0.1) is 0 Å². The summed E-state index contributed by atoms with van der Waals surface area (Å²) in [6.45, 7) is 4.28. The molecule has 1 fully saturated rings. The van der Waals surface area contributed by atoms with Gasteiger partial charge in [0.1, 0.15) is 5.82 Å². The van der Waals surface area contributed by atoms with Crippen molar-refractivity contribution in [3.8, 4) is 0 Å². The van der Waals surface area contributed by atoms with Crippen molar-refractivity contribution in [2.24, 2.45) is 5.92 Å². The molecule has 1 aliphatic rings. The van der Waals surface area contributed by atoms with Crippen molar-refractivity contribution in [2.45, 2.75) is 19.8 Å². The van der Waals surface area contributed by atoms with Crippen molar-refractivity contribution in [2.75, 3.05) is 23.3 Å². The van der Waals surface area contributed by atoms with Crippen molar-refractivity contribution in [1.29, 1.82) is 0 Å². The number of benzene rings is 1. The van der Waals surface area contributed by atoms with E-state index >= 15 is 0 Å². The zero-order valence-corrected chi connectivity index (χ0v) is 14.9. The molecule has 126 valence electrons. The average Bonchev–Trinajstić information content (AvgIpc) is 2.58. The summed E-state index contributed by atoms with van der Waals surface area (Å²) in [7, 11) is 0. The number of piperidine rings is 1. The molecule has 0 radical (unpaired) electrons. The number of halogens is 2. The van der Waals surface area contributed by atoms with E-state index in [4.69, 9.17) is 23.2 Å². The first-order valence-electron chi connectivity index (χ1n) is 8.00. The third kappa shape index (κ3) is 4.00. The molecule has 0 spiro atoms. The van der Waals surface area contributed by atoms with Crippen LogP contribution in [-0.2, 0) is 0 Å². The molecule has 0 aliphatic carbocycles. The highest BCUT2D eigenvalue weighted by Gasteiger charge is 2.18. The van der Waals surface area contributed by atoms with Crippen LogP contribution >= 0.6 is 23.2 Å². The summed E-state index contributed by atoms with van der Waals surface area (Å²) >= 11 is 12.0. The third-order valence-electron chi connectivity index (χ3n) is 4.17. The highest BCUT2D eigenvalue weighted by atomic mass is 35.5. The molecule has 1 aliphatic heterocycles. The molecule has 1 atom stereocenters. The second-order valence-corrected chi connectivity index (χ2v) is 7.02. The predicted molar refractivity (Wildman–Crippen MR) is 99.3 cm³/mol. The van der Waals surface area contributed by atoms with Crippen LogP contribution in [0, 0.1) is 5.92 Å². The molecule has 1 unspecified atom stereocenters. The van der Waals surface area contributed by atoms with Crippen LogP contribution in [0.3, 0.4) is 0 Å². The fourth-order valence-corrected chi connectivity index (χ4v) is 3.23. The quantitative estimate of drug-likeness (QED) is 0.845. The maximum absolute atomic E-state index is 12.4. The first-order valence-corrected chi connectivity index (χ1v) is 8.76. The average molecular weight is 364 g/mol. The van der Waals surface area contributed by atoms with E-state index in [1.165, 1.54) is 12.8 Å². The van der Waals surface area contributed by atoms with Crippen LogP contribution in [0.25, 0.3) is 0 Å². The predicted octanol–water partition coefficient (Wildman–Crippen LogP) is 4.88. The maximum Gasteiger partial charge on any atom is 0.257 e. The Balaban J connectivity index is 1.70. The number of amides is 1. The van der Waals surface area contributed by atoms with Gasteiger partial charge >= 0.3 is 0 Å². The second-order valence-electron chi connectivity index (χ2n) is 6.18. The van der Waals surface area contributed by atoms with Gasteiger partial charge in [0.25, 0.3) is 5.91 Å². The summed E-state index contributed by atoms with van der Waals surface area (Å²) < 4.78 is 0. The number of nitrogens with zero attached hydrogens (tertiary/aromatic N) is 2. The molecule has 2 heterocycles. The van der Waals surface area contributed by atoms with Crippen LogP contribution in [0.2, 0.25) is 10.0 Å². The number of hydrogen-bond donors (Lipinski definition) is 1. The first-order chi connectivity index (χ1) is 11.5. The van der Waals surface area contributed by atoms with Gasteiger partial charge in [0.2, 0.25) is 0 Å². The Morgan fingerprint density at radius 3 is 2.83 bits per heavy atom. The Labute approximate surface area is 151 Å². The van der Waals surface area contributed by atoms with Gasteiger partial charge in [-0.1, -0.05) is 30.1 Å². The standard InChI is InChI=1S/C18H19Cl2N3O/c1-12-3-2-8-23(11-12)17-7-4-13(10-21-17)18(24)22-16-9-14(19)5-6-15(16)20/h4-7,9-10,12H,2-3,8,11H2,1H3,(H,22,24). The highest BCUT2D eigenvalue weighted by Crippen LogP contribution is 2.26. The molecule has 4 nitrogen and oxygen atoms in total. The Hall–Kier alpha value is -1.78. The number of hydrogen-bond acceptors (Lipinski definition) is 3. The zero-order valence-electron chi connectivity index (χ0n) is 13.4. The number of aromatic nitrogens is 1. The molecule has 1 saturated heterocycles. The molecule has 1 aromatic carbocycles. The van der Waals surface area contributed by atoms with Gasteiger partial charge in [0.15, 0.2) is 0 Å². The second kappa shape index (κ2) is 7.41. The van der Waals surface area contributed by atoms with Crippen LogP contribution in [0.1, 0.15) is 30.1 Å². The van der Waals surface area contributed by atoms with Gasteiger partial charge in [0.05, 0.1) is 16.3 Å². The number of pyridine rings is 1. The fourth-order valence-electron chi connectivity index (χ4n) is 2.89. The molecule has 0 saturated carbocycles. The minimum Gasteiger partial charge on any atom is -0.356 e. The van der Waals surface area contributed by atoms with E-state index < -0.39 is 0 Å². The monoisotopic (exact) mass is 363 g/mol. The number of carbonyl (C=O) groups is 1. The topological polar surface area (TPSA) is 45.2 Å². The van der Waals surface area contributed by atoms with Gasteiger partial charge in [-0.25, -0.2) is 4.98 Å². The lowest BCUT2D eigenvalue weighted by molar-refractivity contribution is 0.102. The smallest absolute Gasteiger partial charge is 0.257 e. The summed E-state index contributed by atoms with van der Waals surface area (Å²) in [5.74, 6) is 1.33. The molecule has 1 amide bonds. The Morgan fingerprint density at radius 2 is 2.12 bits per heavy atom. The Kier molecular flexibility index (Phi) is 5.27. The molecule has 3 rings (SSSR count). The summed E-state index contributed by atoms with van der Waals surface area (Å²) in [4.78, 5) is 19.1.